The van der Waals surface area contributed by atoms with Gasteiger partial charge in [-0.2, -0.15) is 0 Å². The average Bonchev–Trinajstić information content (AvgIpc) is 2.80. The molecule has 0 aliphatic heterocycles. The van der Waals surface area contributed by atoms with Gasteiger partial charge in [-0.25, -0.2) is 4.98 Å². The summed E-state index contributed by atoms with van der Waals surface area (Å²) in [5.41, 5.74) is 0.711. The van der Waals surface area contributed by atoms with E-state index in [2.05, 4.69) is 4.98 Å². The van der Waals surface area contributed by atoms with E-state index in [0.717, 1.165) is 11.4 Å². The highest BCUT2D eigenvalue weighted by molar-refractivity contribution is 7.09. The van der Waals surface area contributed by atoms with Crippen molar-refractivity contribution in [1.82, 2.24) is 4.98 Å². The third-order valence-corrected chi connectivity index (χ3v) is 3.44. The van der Waals surface area contributed by atoms with Crippen LogP contribution in [-0.2, 0) is 13.0 Å². The van der Waals surface area contributed by atoms with E-state index < -0.39 is 0 Å². The van der Waals surface area contributed by atoms with Crippen LogP contribution in [0.5, 0.6) is 5.75 Å². The molecule has 0 unspecified atom stereocenters. The third kappa shape index (κ3) is 3.43. The van der Waals surface area contributed by atoms with E-state index >= 15 is 0 Å². The highest BCUT2D eigenvalue weighted by Crippen LogP contribution is 2.23. The summed E-state index contributed by atoms with van der Waals surface area (Å²) in [4.78, 5) is 4.24. The summed E-state index contributed by atoms with van der Waals surface area (Å²) in [6.45, 7) is 0.518. The Hall–Kier alpha value is -1.10. The summed E-state index contributed by atoms with van der Waals surface area (Å²) < 4.78 is 5.56. The van der Waals surface area contributed by atoms with Gasteiger partial charge < -0.3 is 9.84 Å². The number of thiazole rings is 1. The van der Waals surface area contributed by atoms with E-state index in [-0.39, 0.29) is 6.61 Å². The lowest BCUT2D eigenvalue weighted by Gasteiger charge is -2.06. The van der Waals surface area contributed by atoms with E-state index in [0.29, 0.717) is 23.1 Å². The number of benzene rings is 1. The second kappa shape index (κ2) is 6.00. The second-order valence-corrected chi connectivity index (χ2v) is 4.77. The Balaban J connectivity index is 1.85. The fourth-order valence-corrected chi connectivity index (χ4v) is 2.31. The molecule has 3 nitrogen and oxygen atoms in total. The molecule has 1 aromatic carbocycles. The SMILES string of the molecule is OCc1csc(CCOc2ccccc2Cl)n1. The largest absolute Gasteiger partial charge is 0.492 e. The van der Waals surface area contributed by atoms with Gasteiger partial charge in [0.05, 0.1) is 28.9 Å². The molecular formula is C12H12ClNO2S. The summed E-state index contributed by atoms with van der Waals surface area (Å²) in [5.74, 6) is 0.688. The Morgan fingerprint density at radius 1 is 1.35 bits per heavy atom. The predicted octanol–water partition coefficient (Wildman–Crippen LogP) is 2.91. The number of nitrogens with zero attached hydrogens (tertiary/aromatic N) is 1. The maximum atomic E-state index is 8.89. The van der Waals surface area contributed by atoms with E-state index in [9.17, 15) is 0 Å². The molecule has 0 radical (unpaired) electrons. The molecule has 0 bridgehead atoms. The number of para-hydroxylation sites is 1. The lowest BCUT2D eigenvalue weighted by molar-refractivity contribution is 0.277. The number of aromatic nitrogens is 1. The van der Waals surface area contributed by atoms with Crippen molar-refractivity contribution in [2.24, 2.45) is 0 Å². The summed E-state index contributed by atoms with van der Waals surface area (Å²) in [5, 5.41) is 12.3. The van der Waals surface area contributed by atoms with Crippen molar-refractivity contribution in [2.45, 2.75) is 13.0 Å². The second-order valence-electron chi connectivity index (χ2n) is 3.42. The molecule has 0 aliphatic rings. The molecule has 2 rings (SSSR count). The van der Waals surface area contributed by atoms with Crippen molar-refractivity contribution < 1.29 is 9.84 Å². The number of ether oxygens (including phenoxy) is 1. The van der Waals surface area contributed by atoms with Gasteiger partial charge in [-0.1, -0.05) is 23.7 Å². The van der Waals surface area contributed by atoms with E-state index in [1.54, 1.807) is 6.07 Å². The maximum absolute atomic E-state index is 8.89. The molecular weight excluding hydrogens is 258 g/mol. The van der Waals surface area contributed by atoms with E-state index in [1.165, 1.54) is 11.3 Å². The molecule has 1 heterocycles. The maximum Gasteiger partial charge on any atom is 0.137 e. The minimum Gasteiger partial charge on any atom is -0.492 e. The van der Waals surface area contributed by atoms with E-state index in [1.807, 2.05) is 23.6 Å². The normalized spacial score (nSPS) is 10.5. The van der Waals surface area contributed by atoms with Crippen LogP contribution >= 0.6 is 22.9 Å². The predicted molar refractivity (Wildman–Crippen MR) is 68.7 cm³/mol. The van der Waals surface area contributed by atoms with Crippen molar-refractivity contribution in [3.8, 4) is 5.75 Å². The Morgan fingerprint density at radius 2 is 2.18 bits per heavy atom. The van der Waals surface area contributed by atoms with Crippen LogP contribution in [0, 0.1) is 0 Å². The highest BCUT2D eigenvalue weighted by Gasteiger charge is 2.03. The van der Waals surface area contributed by atoms with Crippen molar-refractivity contribution >= 4 is 22.9 Å². The van der Waals surface area contributed by atoms with Gasteiger partial charge in [0, 0.05) is 11.8 Å². The average molecular weight is 270 g/mol. The number of hydrogen-bond acceptors (Lipinski definition) is 4. The van der Waals surface area contributed by atoms with Gasteiger partial charge in [-0.3, -0.25) is 0 Å². The molecule has 0 spiro atoms. The summed E-state index contributed by atoms with van der Waals surface area (Å²) in [6, 6.07) is 7.38. The first-order valence-electron chi connectivity index (χ1n) is 5.21. The molecule has 0 saturated carbocycles. The van der Waals surface area contributed by atoms with Crippen molar-refractivity contribution in [2.75, 3.05) is 6.61 Å². The molecule has 1 aromatic heterocycles. The van der Waals surface area contributed by atoms with Gasteiger partial charge in [0.1, 0.15) is 5.75 Å². The van der Waals surface area contributed by atoms with E-state index in [4.69, 9.17) is 21.4 Å². The first-order valence-corrected chi connectivity index (χ1v) is 6.47. The number of aliphatic hydroxyl groups is 1. The van der Waals surface area contributed by atoms with Crippen LogP contribution in [0.2, 0.25) is 5.02 Å². The molecule has 0 atom stereocenters. The number of rotatable bonds is 5. The minimum atomic E-state index is -0.0120. The Bertz CT molecular complexity index is 487. The van der Waals surface area contributed by atoms with Crippen LogP contribution in [0.25, 0.3) is 0 Å². The molecule has 0 amide bonds. The Morgan fingerprint density at radius 3 is 2.88 bits per heavy atom. The van der Waals surface area contributed by atoms with Crippen molar-refractivity contribution in [1.29, 1.82) is 0 Å². The topological polar surface area (TPSA) is 42.4 Å². The molecule has 2 aromatic rings. The summed E-state index contributed by atoms with van der Waals surface area (Å²) in [6.07, 6.45) is 0.718. The molecule has 90 valence electrons. The Kier molecular flexibility index (Phi) is 4.36. The van der Waals surface area contributed by atoms with Gasteiger partial charge >= 0.3 is 0 Å². The molecule has 17 heavy (non-hydrogen) atoms. The molecule has 1 N–H and O–H groups in total. The van der Waals surface area contributed by atoms with Gasteiger partial charge in [0.15, 0.2) is 0 Å². The van der Waals surface area contributed by atoms with Crippen LogP contribution < -0.4 is 4.74 Å². The first-order chi connectivity index (χ1) is 8.29. The molecule has 0 aliphatic carbocycles. The van der Waals surface area contributed by atoms with Gasteiger partial charge in [0.2, 0.25) is 0 Å². The number of halogens is 1. The van der Waals surface area contributed by atoms with Crippen molar-refractivity contribution in [3.05, 3.63) is 45.4 Å². The van der Waals surface area contributed by atoms with Crippen LogP contribution in [0.3, 0.4) is 0 Å². The van der Waals surface area contributed by atoms with Gasteiger partial charge in [-0.05, 0) is 12.1 Å². The lowest BCUT2D eigenvalue weighted by Crippen LogP contribution is -2.01. The zero-order valence-electron chi connectivity index (χ0n) is 9.10. The first kappa shape index (κ1) is 12.4. The smallest absolute Gasteiger partial charge is 0.137 e. The molecule has 0 fully saturated rings. The Labute approximate surface area is 109 Å². The van der Waals surface area contributed by atoms with Crippen LogP contribution in [0.1, 0.15) is 10.7 Å². The van der Waals surface area contributed by atoms with Crippen LogP contribution in [0.15, 0.2) is 29.6 Å². The highest BCUT2D eigenvalue weighted by atomic mass is 35.5. The van der Waals surface area contributed by atoms with Crippen LogP contribution in [-0.4, -0.2) is 16.7 Å². The molecule has 0 saturated heterocycles. The minimum absolute atomic E-state index is 0.0120. The standard InChI is InChI=1S/C12H12ClNO2S/c13-10-3-1-2-4-11(10)16-6-5-12-14-9(7-15)8-17-12/h1-4,8,15H,5-7H2. The van der Waals surface area contributed by atoms with Crippen molar-refractivity contribution in [3.63, 3.8) is 0 Å². The lowest BCUT2D eigenvalue weighted by atomic mass is 10.3. The fourth-order valence-electron chi connectivity index (χ4n) is 1.35. The quantitative estimate of drug-likeness (QED) is 0.908. The third-order valence-electron chi connectivity index (χ3n) is 2.17. The zero-order chi connectivity index (χ0) is 12.1. The van der Waals surface area contributed by atoms with Gasteiger partial charge in [0.25, 0.3) is 0 Å². The zero-order valence-corrected chi connectivity index (χ0v) is 10.7. The summed E-state index contributed by atoms with van der Waals surface area (Å²) >= 11 is 7.49. The number of aliphatic hydroxyl groups excluding tert-OH is 1. The van der Waals surface area contributed by atoms with Crippen LogP contribution in [0.4, 0.5) is 0 Å². The number of hydrogen-bond donors (Lipinski definition) is 1. The summed E-state index contributed by atoms with van der Waals surface area (Å²) in [7, 11) is 0. The molecule has 5 heteroatoms. The monoisotopic (exact) mass is 269 g/mol. The van der Waals surface area contributed by atoms with Gasteiger partial charge in [-0.15, -0.1) is 11.3 Å². The fraction of sp³-hybridized carbons (Fsp3) is 0.250.